The molecule has 0 aliphatic carbocycles. The van der Waals surface area contributed by atoms with Crippen LogP contribution in [0.15, 0.2) is 30.3 Å². The maximum Gasteiger partial charge on any atom is 0.343 e. The fourth-order valence-electron chi connectivity index (χ4n) is 3.48. The van der Waals surface area contributed by atoms with Gasteiger partial charge in [0, 0.05) is 11.1 Å². The van der Waals surface area contributed by atoms with Crippen molar-refractivity contribution in [2.24, 2.45) is 0 Å². The van der Waals surface area contributed by atoms with Crippen molar-refractivity contribution in [3.8, 4) is 11.5 Å². The molecule has 0 spiro atoms. The molecule has 0 aromatic heterocycles. The largest absolute Gasteiger partial charge is 0.507 e. The molecule has 0 radical (unpaired) electrons. The predicted octanol–water partition coefficient (Wildman–Crippen LogP) is 7.07. The van der Waals surface area contributed by atoms with E-state index in [0.717, 1.165) is 23.1 Å². The molecule has 3 heteroatoms. The number of ether oxygens (including phenoxy) is 1. The number of carbonyl (C=O) groups excluding carboxylic acids is 1. The van der Waals surface area contributed by atoms with Crippen molar-refractivity contribution in [3.05, 3.63) is 58.1 Å². The fraction of sp³-hybridized carbons (Fsp3) is 0.519. The van der Waals surface area contributed by atoms with Gasteiger partial charge in [-0.3, -0.25) is 0 Å². The molecule has 2 aromatic carbocycles. The number of phenols is 1. The van der Waals surface area contributed by atoms with Gasteiger partial charge in [0.05, 0.1) is 5.56 Å². The summed E-state index contributed by atoms with van der Waals surface area (Å²) < 4.78 is 5.84. The lowest BCUT2D eigenvalue weighted by Gasteiger charge is -2.28. The Morgan fingerprint density at radius 1 is 0.833 bits per heavy atom. The third kappa shape index (κ3) is 5.24. The Kier molecular flexibility index (Phi) is 6.47. The van der Waals surface area contributed by atoms with E-state index in [0.29, 0.717) is 11.3 Å². The van der Waals surface area contributed by atoms with E-state index in [4.69, 9.17) is 4.74 Å². The summed E-state index contributed by atoms with van der Waals surface area (Å²) in [5.41, 5.74) is 3.63. The molecule has 0 unspecified atom stereocenters. The minimum Gasteiger partial charge on any atom is -0.507 e. The van der Waals surface area contributed by atoms with Crippen molar-refractivity contribution in [2.45, 2.75) is 91.9 Å². The van der Waals surface area contributed by atoms with E-state index < -0.39 is 5.97 Å². The van der Waals surface area contributed by atoms with Crippen molar-refractivity contribution in [3.63, 3.8) is 0 Å². The quantitative estimate of drug-likeness (QED) is 0.435. The zero-order valence-corrected chi connectivity index (χ0v) is 20.4. The third-order valence-electron chi connectivity index (χ3n) is 5.47. The van der Waals surface area contributed by atoms with Gasteiger partial charge in [-0.2, -0.15) is 0 Å². The number of hydrogen-bond donors (Lipinski definition) is 1. The van der Waals surface area contributed by atoms with Gasteiger partial charge < -0.3 is 9.84 Å². The molecular weight excluding hydrogens is 372 g/mol. The highest BCUT2D eigenvalue weighted by Crippen LogP contribution is 2.40. The van der Waals surface area contributed by atoms with Crippen molar-refractivity contribution in [2.75, 3.05) is 0 Å². The molecule has 0 heterocycles. The van der Waals surface area contributed by atoms with Gasteiger partial charge in [-0.1, -0.05) is 81.4 Å². The monoisotopic (exact) mass is 410 g/mol. The van der Waals surface area contributed by atoms with Crippen LogP contribution in [0.4, 0.5) is 0 Å². The molecule has 1 N–H and O–H groups in total. The summed E-state index contributed by atoms with van der Waals surface area (Å²) in [7, 11) is 0. The molecular formula is C27H38O3. The Morgan fingerprint density at radius 2 is 1.33 bits per heavy atom. The third-order valence-corrected chi connectivity index (χ3v) is 5.47. The van der Waals surface area contributed by atoms with Gasteiger partial charge in [-0.15, -0.1) is 0 Å². The molecule has 0 saturated carbocycles. The molecule has 30 heavy (non-hydrogen) atoms. The summed E-state index contributed by atoms with van der Waals surface area (Å²) in [6.45, 7) is 20.8. The molecule has 2 aromatic rings. The normalized spacial score (nSPS) is 12.7. The van der Waals surface area contributed by atoms with E-state index in [9.17, 15) is 9.90 Å². The van der Waals surface area contributed by atoms with E-state index in [2.05, 4.69) is 33.8 Å². The summed E-state index contributed by atoms with van der Waals surface area (Å²) in [6.07, 6.45) is 0.780. The van der Waals surface area contributed by atoms with Gasteiger partial charge in [0.2, 0.25) is 0 Å². The first-order chi connectivity index (χ1) is 13.6. The van der Waals surface area contributed by atoms with Gasteiger partial charge in [-0.05, 0) is 52.0 Å². The molecule has 2 rings (SSSR count). The van der Waals surface area contributed by atoms with Gasteiger partial charge in [0.15, 0.2) is 0 Å². The number of aromatic hydroxyl groups is 1. The van der Waals surface area contributed by atoms with Crippen molar-refractivity contribution < 1.29 is 14.6 Å². The van der Waals surface area contributed by atoms with Crippen LogP contribution >= 0.6 is 0 Å². The highest BCUT2D eigenvalue weighted by molar-refractivity contribution is 5.92. The Hall–Kier alpha value is -2.29. The van der Waals surface area contributed by atoms with Crippen LogP contribution in [0.3, 0.4) is 0 Å². The van der Waals surface area contributed by atoms with Crippen LogP contribution < -0.4 is 4.74 Å². The number of esters is 1. The standard InChI is InChI=1S/C27H38O3/c1-11-17-14-19(25(2,3)4)12-13-22(17)30-24(29)18-15-20(26(5,6)7)23(28)21(16-18)27(8,9)10/h12-16,28H,11H2,1-10H3. The van der Waals surface area contributed by atoms with E-state index in [1.165, 1.54) is 5.56 Å². The summed E-state index contributed by atoms with van der Waals surface area (Å²) in [5.74, 6) is 0.456. The van der Waals surface area contributed by atoms with E-state index >= 15 is 0 Å². The highest BCUT2D eigenvalue weighted by Gasteiger charge is 2.28. The maximum absolute atomic E-state index is 13.1. The molecule has 0 saturated heterocycles. The minimum absolute atomic E-state index is 0.0344. The summed E-state index contributed by atoms with van der Waals surface area (Å²) in [6, 6.07) is 9.58. The number of benzene rings is 2. The first-order valence-electron chi connectivity index (χ1n) is 10.8. The second-order valence-corrected chi connectivity index (χ2v) is 11.2. The molecule has 3 nitrogen and oxygen atoms in total. The maximum atomic E-state index is 13.1. The molecule has 0 fully saturated rings. The molecule has 0 aliphatic heterocycles. The number of aryl methyl sites for hydroxylation is 1. The Morgan fingerprint density at radius 3 is 1.73 bits per heavy atom. The lowest BCUT2D eigenvalue weighted by Crippen LogP contribution is -2.20. The summed E-state index contributed by atoms with van der Waals surface area (Å²) in [5, 5.41) is 10.9. The van der Waals surface area contributed by atoms with E-state index in [1.807, 2.05) is 53.7 Å². The smallest absolute Gasteiger partial charge is 0.343 e. The molecule has 0 amide bonds. The Balaban J connectivity index is 2.52. The lowest BCUT2D eigenvalue weighted by atomic mass is 9.78. The highest BCUT2D eigenvalue weighted by atomic mass is 16.5. The fourth-order valence-corrected chi connectivity index (χ4v) is 3.48. The van der Waals surface area contributed by atoms with Crippen LogP contribution in [0.5, 0.6) is 11.5 Å². The number of hydrogen-bond acceptors (Lipinski definition) is 3. The zero-order valence-electron chi connectivity index (χ0n) is 20.4. The number of carbonyl (C=O) groups is 1. The first-order valence-corrected chi connectivity index (χ1v) is 10.8. The van der Waals surface area contributed by atoms with Crippen molar-refractivity contribution in [1.29, 1.82) is 0 Å². The van der Waals surface area contributed by atoms with Gasteiger partial charge in [-0.25, -0.2) is 4.79 Å². The second kappa shape index (κ2) is 8.09. The Bertz CT molecular complexity index is 897. The van der Waals surface area contributed by atoms with E-state index in [-0.39, 0.29) is 22.0 Å². The SMILES string of the molecule is CCc1cc(C(C)(C)C)ccc1OC(=O)c1cc(C(C)(C)C)c(O)c(C(C)(C)C)c1. The van der Waals surface area contributed by atoms with Crippen LogP contribution in [0.2, 0.25) is 0 Å². The van der Waals surface area contributed by atoms with Gasteiger partial charge >= 0.3 is 5.97 Å². The molecule has 164 valence electrons. The van der Waals surface area contributed by atoms with Crippen LogP contribution in [0.25, 0.3) is 0 Å². The zero-order chi connectivity index (χ0) is 23.1. The topological polar surface area (TPSA) is 46.5 Å². The average Bonchev–Trinajstić information content (AvgIpc) is 2.59. The minimum atomic E-state index is -0.399. The van der Waals surface area contributed by atoms with Gasteiger partial charge in [0.25, 0.3) is 0 Å². The molecule has 0 aliphatic rings. The lowest BCUT2D eigenvalue weighted by molar-refractivity contribution is 0.0733. The number of phenolic OH excluding ortho intramolecular Hbond substituents is 1. The van der Waals surface area contributed by atoms with Crippen LogP contribution in [0.1, 0.15) is 102 Å². The molecule has 0 atom stereocenters. The first kappa shape index (κ1) is 24.0. The summed E-state index contributed by atoms with van der Waals surface area (Å²) >= 11 is 0. The van der Waals surface area contributed by atoms with Crippen LogP contribution in [-0.4, -0.2) is 11.1 Å². The van der Waals surface area contributed by atoms with Crippen molar-refractivity contribution in [1.82, 2.24) is 0 Å². The van der Waals surface area contributed by atoms with Crippen LogP contribution in [0, 0.1) is 0 Å². The second-order valence-electron chi connectivity index (χ2n) is 11.2. The summed E-state index contributed by atoms with van der Waals surface area (Å²) in [4.78, 5) is 13.1. The predicted molar refractivity (Wildman–Crippen MR) is 125 cm³/mol. The van der Waals surface area contributed by atoms with Crippen molar-refractivity contribution >= 4 is 5.97 Å². The molecule has 0 bridgehead atoms. The average molecular weight is 411 g/mol. The van der Waals surface area contributed by atoms with Crippen LogP contribution in [-0.2, 0) is 22.7 Å². The Labute approximate surface area is 182 Å². The van der Waals surface area contributed by atoms with Gasteiger partial charge in [0.1, 0.15) is 11.5 Å². The number of rotatable bonds is 3. The van der Waals surface area contributed by atoms with E-state index in [1.54, 1.807) is 12.1 Å².